The third-order valence-corrected chi connectivity index (χ3v) is 3.55. The fourth-order valence-corrected chi connectivity index (χ4v) is 1.94. The predicted octanol–water partition coefficient (Wildman–Crippen LogP) is 1.00. The Balaban J connectivity index is 1.85. The molecule has 2 unspecified atom stereocenters. The molecule has 6 nitrogen and oxygen atoms in total. The number of hydrogen-bond acceptors (Lipinski definition) is 5. The maximum Gasteiger partial charge on any atom is 0.238 e. The van der Waals surface area contributed by atoms with Crippen molar-refractivity contribution in [3.05, 3.63) is 18.2 Å². The number of fused-ring (bicyclic) bond motifs is 1. The van der Waals surface area contributed by atoms with Gasteiger partial charge in [0.25, 0.3) is 0 Å². The van der Waals surface area contributed by atoms with Gasteiger partial charge >= 0.3 is 0 Å². The summed E-state index contributed by atoms with van der Waals surface area (Å²) in [7, 11) is 0. The molecule has 0 radical (unpaired) electrons. The minimum Gasteiger partial charge on any atom is -0.486 e. The van der Waals surface area contributed by atoms with Crippen molar-refractivity contribution in [3.63, 3.8) is 0 Å². The molecule has 21 heavy (non-hydrogen) atoms. The van der Waals surface area contributed by atoms with E-state index in [2.05, 4.69) is 10.6 Å². The highest BCUT2D eigenvalue weighted by molar-refractivity contribution is 5.92. The highest BCUT2D eigenvalue weighted by Gasteiger charge is 2.14. The number of amides is 1. The van der Waals surface area contributed by atoms with Crippen molar-refractivity contribution in [2.75, 3.05) is 31.7 Å². The van der Waals surface area contributed by atoms with Crippen molar-refractivity contribution in [1.82, 2.24) is 5.32 Å². The Morgan fingerprint density at radius 1 is 1.29 bits per heavy atom. The molecule has 2 rings (SSSR count). The first-order chi connectivity index (χ1) is 10.1. The Hall–Kier alpha value is -1.79. The minimum absolute atomic E-state index is 0.0704. The van der Waals surface area contributed by atoms with Gasteiger partial charge in [-0.1, -0.05) is 6.92 Å². The van der Waals surface area contributed by atoms with Crippen LogP contribution >= 0.6 is 0 Å². The largest absolute Gasteiger partial charge is 0.486 e. The third kappa shape index (κ3) is 4.34. The van der Waals surface area contributed by atoms with Crippen molar-refractivity contribution in [2.45, 2.75) is 19.9 Å². The van der Waals surface area contributed by atoms with Crippen LogP contribution in [0.2, 0.25) is 0 Å². The van der Waals surface area contributed by atoms with Gasteiger partial charge in [0.05, 0.1) is 6.54 Å². The van der Waals surface area contributed by atoms with Gasteiger partial charge in [-0.25, -0.2) is 0 Å². The molecule has 0 aromatic heterocycles. The van der Waals surface area contributed by atoms with Crippen molar-refractivity contribution >= 4 is 11.6 Å². The minimum atomic E-state index is -0.135. The summed E-state index contributed by atoms with van der Waals surface area (Å²) in [6, 6.07) is 5.40. The predicted molar refractivity (Wildman–Crippen MR) is 79.8 cm³/mol. The monoisotopic (exact) mass is 294 g/mol. The van der Waals surface area contributed by atoms with Crippen LogP contribution in [0.25, 0.3) is 0 Å². The molecule has 1 heterocycles. The molecule has 1 aromatic carbocycles. The summed E-state index contributed by atoms with van der Waals surface area (Å²) < 4.78 is 10.9. The first-order valence-corrected chi connectivity index (χ1v) is 7.14. The molecule has 0 fully saturated rings. The molecule has 1 aromatic rings. The van der Waals surface area contributed by atoms with Crippen LogP contribution < -0.4 is 20.1 Å². The van der Waals surface area contributed by atoms with E-state index in [-0.39, 0.29) is 31.0 Å². The first kappa shape index (κ1) is 15.6. The van der Waals surface area contributed by atoms with Gasteiger partial charge in [0.1, 0.15) is 13.2 Å². The second-order valence-electron chi connectivity index (χ2n) is 5.24. The quantitative estimate of drug-likeness (QED) is 0.729. The zero-order valence-corrected chi connectivity index (χ0v) is 12.4. The fourth-order valence-electron chi connectivity index (χ4n) is 1.94. The summed E-state index contributed by atoms with van der Waals surface area (Å²) >= 11 is 0. The van der Waals surface area contributed by atoms with Crippen LogP contribution in [0.3, 0.4) is 0 Å². The summed E-state index contributed by atoms with van der Waals surface area (Å²) in [5.41, 5.74) is 0.675. The summed E-state index contributed by atoms with van der Waals surface area (Å²) in [5, 5.41) is 14.9. The number of hydrogen-bond donors (Lipinski definition) is 3. The average Bonchev–Trinajstić information content (AvgIpc) is 2.51. The zero-order valence-electron chi connectivity index (χ0n) is 12.4. The molecular weight excluding hydrogens is 272 g/mol. The van der Waals surface area contributed by atoms with E-state index in [1.807, 2.05) is 13.8 Å². The number of aliphatic hydroxyl groups is 1. The molecule has 1 aliphatic rings. The Bertz CT molecular complexity index is 493. The molecule has 0 aliphatic carbocycles. The van der Waals surface area contributed by atoms with E-state index in [0.29, 0.717) is 30.4 Å². The topological polar surface area (TPSA) is 79.8 Å². The lowest BCUT2D eigenvalue weighted by molar-refractivity contribution is -0.115. The van der Waals surface area contributed by atoms with Crippen LogP contribution in [-0.2, 0) is 4.79 Å². The van der Waals surface area contributed by atoms with Crippen LogP contribution in [0.4, 0.5) is 5.69 Å². The van der Waals surface area contributed by atoms with Gasteiger partial charge in [0, 0.05) is 24.4 Å². The number of anilines is 1. The Morgan fingerprint density at radius 3 is 2.71 bits per heavy atom. The SMILES string of the molecule is CC(CO)C(C)NCC(=O)Nc1ccc2c(c1)OCCO2. The number of nitrogens with one attached hydrogen (secondary N) is 2. The maximum absolute atomic E-state index is 11.9. The molecular formula is C15H22N2O4. The van der Waals surface area contributed by atoms with Crippen LogP contribution in [0, 0.1) is 5.92 Å². The third-order valence-electron chi connectivity index (χ3n) is 3.55. The number of aliphatic hydroxyl groups excluding tert-OH is 1. The first-order valence-electron chi connectivity index (χ1n) is 7.14. The number of rotatable bonds is 6. The van der Waals surface area contributed by atoms with Crippen LogP contribution in [0.1, 0.15) is 13.8 Å². The number of carbonyl (C=O) groups excluding carboxylic acids is 1. The molecule has 6 heteroatoms. The van der Waals surface area contributed by atoms with Gasteiger partial charge in [-0.3, -0.25) is 4.79 Å². The summed E-state index contributed by atoms with van der Waals surface area (Å²) in [4.78, 5) is 11.9. The van der Waals surface area contributed by atoms with E-state index in [1.165, 1.54) is 0 Å². The van der Waals surface area contributed by atoms with Gasteiger partial charge in [-0.2, -0.15) is 0 Å². The van der Waals surface area contributed by atoms with Crippen LogP contribution in [0.5, 0.6) is 11.5 Å². The number of benzene rings is 1. The Morgan fingerprint density at radius 2 is 2.00 bits per heavy atom. The van der Waals surface area contributed by atoms with Crippen LogP contribution in [0.15, 0.2) is 18.2 Å². The Labute approximate surface area is 124 Å². The van der Waals surface area contributed by atoms with Gasteiger partial charge < -0.3 is 25.2 Å². The maximum atomic E-state index is 11.9. The standard InChI is InChI=1S/C15H22N2O4/c1-10(9-18)11(2)16-8-15(19)17-12-3-4-13-14(7-12)21-6-5-20-13/h3-4,7,10-11,16,18H,5-6,8-9H2,1-2H3,(H,17,19). The number of carbonyl (C=O) groups is 1. The molecule has 0 spiro atoms. The Kier molecular flexibility index (Phi) is 5.41. The lowest BCUT2D eigenvalue weighted by Crippen LogP contribution is -2.39. The molecule has 0 saturated carbocycles. The summed E-state index contributed by atoms with van der Waals surface area (Å²) in [6.45, 7) is 5.22. The molecule has 2 atom stereocenters. The van der Waals surface area contributed by atoms with Gasteiger partial charge in [-0.05, 0) is 25.0 Å². The van der Waals surface area contributed by atoms with Gasteiger partial charge in [-0.15, -0.1) is 0 Å². The van der Waals surface area contributed by atoms with E-state index >= 15 is 0 Å². The molecule has 3 N–H and O–H groups in total. The fraction of sp³-hybridized carbons (Fsp3) is 0.533. The molecule has 1 aliphatic heterocycles. The molecule has 0 saturated heterocycles. The van der Waals surface area contributed by atoms with E-state index in [9.17, 15) is 4.79 Å². The highest BCUT2D eigenvalue weighted by Crippen LogP contribution is 2.32. The normalized spacial score (nSPS) is 16.1. The van der Waals surface area contributed by atoms with Crippen molar-refractivity contribution < 1.29 is 19.4 Å². The lowest BCUT2D eigenvalue weighted by atomic mass is 10.1. The van der Waals surface area contributed by atoms with Gasteiger partial charge in [0.2, 0.25) is 5.91 Å². The second-order valence-corrected chi connectivity index (χ2v) is 5.24. The smallest absolute Gasteiger partial charge is 0.238 e. The van der Waals surface area contributed by atoms with E-state index in [0.717, 1.165) is 0 Å². The van der Waals surface area contributed by atoms with E-state index in [4.69, 9.17) is 14.6 Å². The van der Waals surface area contributed by atoms with Gasteiger partial charge in [0.15, 0.2) is 11.5 Å². The lowest BCUT2D eigenvalue weighted by Gasteiger charge is -2.20. The average molecular weight is 294 g/mol. The molecule has 116 valence electrons. The second kappa shape index (κ2) is 7.28. The van der Waals surface area contributed by atoms with Crippen molar-refractivity contribution in [1.29, 1.82) is 0 Å². The van der Waals surface area contributed by atoms with E-state index in [1.54, 1.807) is 18.2 Å². The van der Waals surface area contributed by atoms with E-state index < -0.39 is 0 Å². The van der Waals surface area contributed by atoms with Crippen LogP contribution in [-0.4, -0.2) is 43.4 Å². The summed E-state index contributed by atoms with van der Waals surface area (Å²) in [5.74, 6) is 1.31. The van der Waals surface area contributed by atoms with Crippen molar-refractivity contribution in [3.8, 4) is 11.5 Å². The summed E-state index contributed by atoms with van der Waals surface area (Å²) in [6.07, 6.45) is 0. The number of ether oxygens (including phenoxy) is 2. The molecule has 1 amide bonds. The molecule has 0 bridgehead atoms. The van der Waals surface area contributed by atoms with Crippen molar-refractivity contribution in [2.24, 2.45) is 5.92 Å². The zero-order chi connectivity index (χ0) is 15.2. The highest BCUT2D eigenvalue weighted by atomic mass is 16.6.